The second-order valence-corrected chi connectivity index (χ2v) is 16.8. The number of hydrogen-bond donors (Lipinski definition) is 0. The molecule has 0 radical (unpaired) electrons. The first-order chi connectivity index (χ1) is 31.8. The van der Waals surface area contributed by atoms with Gasteiger partial charge in [0.05, 0.1) is 22.4 Å². The van der Waals surface area contributed by atoms with Crippen molar-refractivity contribution in [2.75, 3.05) is 4.90 Å². The minimum absolute atomic E-state index is 0.0679. The summed E-state index contributed by atoms with van der Waals surface area (Å²) in [5.74, 6) is 0.200. The second kappa shape index (κ2) is 15.9. The maximum absolute atomic E-state index is 2.57. The average molecular weight is 817 g/mol. The van der Waals surface area contributed by atoms with Gasteiger partial charge in [-0.3, -0.25) is 0 Å². The molecule has 0 spiro atoms. The summed E-state index contributed by atoms with van der Waals surface area (Å²) in [4.78, 5) is 2.57. The molecular weight excluding hydrogens is 773 g/mol. The van der Waals surface area contributed by atoms with Gasteiger partial charge in [0.15, 0.2) is 0 Å². The molecule has 0 bridgehead atoms. The van der Waals surface area contributed by atoms with Crippen LogP contribution in [0.2, 0.25) is 0 Å². The SMILES string of the molecule is C1=CC2C(c3cccc4ccccc34)=CC=C(N(c3ccccc3-c3ccccc3)c3ccc(-c4ccccc4)cc3-c3cccc(-n4c5ccccc5c5ccccc54)c3)C2C=C1. The van der Waals surface area contributed by atoms with E-state index in [4.69, 9.17) is 0 Å². The number of para-hydroxylation sites is 3. The highest BCUT2D eigenvalue weighted by molar-refractivity contribution is 6.09. The predicted molar refractivity (Wildman–Crippen MR) is 271 cm³/mol. The van der Waals surface area contributed by atoms with E-state index in [0.717, 1.165) is 28.2 Å². The van der Waals surface area contributed by atoms with Crippen molar-refractivity contribution in [1.29, 1.82) is 0 Å². The van der Waals surface area contributed by atoms with Crippen LogP contribution in [0.15, 0.2) is 261 Å². The normalized spacial score (nSPS) is 15.6. The van der Waals surface area contributed by atoms with Gasteiger partial charge in [-0.05, 0) is 92.7 Å². The summed E-state index contributed by atoms with van der Waals surface area (Å²) < 4.78 is 2.42. The first-order valence-corrected chi connectivity index (χ1v) is 22.3. The first-order valence-electron chi connectivity index (χ1n) is 22.3. The second-order valence-electron chi connectivity index (χ2n) is 16.8. The van der Waals surface area contributed by atoms with Gasteiger partial charge in [-0.2, -0.15) is 0 Å². The summed E-state index contributed by atoms with van der Waals surface area (Å²) in [6.07, 6.45) is 14.1. The smallest absolute Gasteiger partial charge is 0.0541 e. The Labute approximate surface area is 374 Å². The van der Waals surface area contributed by atoms with Crippen LogP contribution in [0.25, 0.3) is 77.2 Å². The summed E-state index contributed by atoms with van der Waals surface area (Å²) in [5, 5.41) is 5.04. The fraction of sp³-hybridized carbons (Fsp3) is 0.0323. The minimum Gasteiger partial charge on any atom is -0.312 e. The van der Waals surface area contributed by atoms with Gasteiger partial charge in [0.2, 0.25) is 0 Å². The number of fused-ring (bicyclic) bond motifs is 5. The Morgan fingerprint density at radius 1 is 0.359 bits per heavy atom. The highest BCUT2D eigenvalue weighted by atomic mass is 15.2. The molecular formula is C62H44N2. The van der Waals surface area contributed by atoms with Crippen molar-refractivity contribution >= 4 is 49.5 Å². The number of aromatic nitrogens is 1. The van der Waals surface area contributed by atoms with Crippen LogP contribution < -0.4 is 4.90 Å². The van der Waals surface area contributed by atoms with Gasteiger partial charge in [0, 0.05) is 45.1 Å². The molecule has 2 nitrogen and oxygen atoms in total. The number of rotatable bonds is 8. The molecule has 0 amide bonds. The molecule has 0 aliphatic heterocycles. The van der Waals surface area contributed by atoms with Gasteiger partial charge in [-0.1, -0.05) is 206 Å². The zero-order valence-corrected chi connectivity index (χ0v) is 35.3. The standard InChI is InChI=1S/C62H44N2/c1-3-19-43(20-4-1)46-37-39-62(57(42-46)47-25-17-26-48(41-47)63-59-35-15-12-31-55(59)56-32-13-16-36-60(56)63)64(58-34-14-11-28-50(58)45-21-5-2-6-22-45)61-40-38-53(52-29-9-10-30-54(52)61)51-33-18-24-44-23-7-8-27-49(44)51/h1-42,52,54H. The van der Waals surface area contributed by atoms with Crippen LogP contribution in [-0.4, -0.2) is 4.57 Å². The van der Waals surface area contributed by atoms with Crippen LogP contribution >= 0.6 is 0 Å². The Morgan fingerprint density at radius 3 is 1.72 bits per heavy atom. The Kier molecular flexibility index (Phi) is 9.34. The van der Waals surface area contributed by atoms with E-state index in [1.165, 1.54) is 71.7 Å². The summed E-state index contributed by atoms with van der Waals surface area (Å²) in [7, 11) is 0. The van der Waals surface area contributed by atoms with Gasteiger partial charge in [-0.15, -0.1) is 0 Å². The molecule has 0 saturated carbocycles. The maximum atomic E-state index is 2.57. The summed E-state index contributed by atoms with van der Waals surface area (Å²) >= 11 is 0. The summed E-state index contributed by atoms with van der Waals surface area (Å²) in [5.41, 5.74) is 16.6. The lowest BCUT2D eigenvalue weighted by Crippen LogP contribution is -2.30. The van der Waals surface area contributed by atoms with Crippen LogP contribution in [0.1, 0.15) is 5.56 Å². The van der Waals surface area contributed by atoms with Crippen LogP contribution in [0.3, 0.4) is 0 Å². The zero-order chi connectivity index (χ0) is 42.4. The number of benzene rings is 9. The highest BCUT2D eigenvalue weighted by Crippen LogP contribution is 2.50. The molecule has 2 atom stereocenters. The van der Waals surface area contributed by atoms with Gasteiger partial charge < -0.3 is 9.47 Å². The Bertz CT molecular complexity index is 3450. The van der Waals surface area contributed by atoms with Gasteiger partial charge in [-0.25, -0.2) is 0 Å². The molecule has 1 heterocycles. The fourth-order valence-corrected chi connectivity index (χ4v) is 10.3. The third kappa shape index (κ3) is 6.42. The zero-order valence-electron chi connectivity index (χ0n) is 35.3. The van der Waals surface area contributed by atoms with Crippen molar-refractivity contribution < 1.29 is 0 Å². The Morgan fingerprint density at radius 2 is 0.938 bits per heavy atom. The van der Waals surface area contributed by atoms with Crippen LogP contribution in [0.5, 0.6) is 0 Å². The van der Waals surface area contributed by atoms with Crippen molar-refractivity contribution in [3.8, 4) is 39.1 Å². The minimum atomic E-state index is 0.0679. The Balaban J connectivity index is 1.12. The van der Waals surface area contributed by atoms with E-state index in [0.29, 0.717) is 0 Å². The molecule has 64 heavy (non-hydrogen) atoms. The van der Waals surface area contributed by atoms with Crippen molar-refractivity contribution in [2.24, 2.45) is 11.8 Å². The van der Waals surface area contributed by atoms with E-state index >= 15 is 0 Å². The van der Waals surface area contributed by atoms with E-state index in [9.17, 15) is 0 Å². The molecule has 2 heteroatoms. The molecule has 302 valence electrons. The van der Waals surface area contributed by atoms with Crippen molar-refractivity contribution in [2.45, 2.75) is 0 Å². The number of allylic oxidation sites excluding steroid dienone is 7. The molecule has 2 unspecified atom stereocenters. The van der Waals surface area contributed by atoms with E-state index in [1.807, 2.05) is 0 Å². The number of nitrogens with zero attached hydrogens (tertiary/aromatic N) is 2. The van der Waals surface area contributed by atoms with E-state index < -0.39 is 0 Å². The predicted octanol–water partition coefficient (Wildman–Crippen LogP) is 16.4. The topological polar surface area (TPSA) is 8.17 Å². The molecule has 0 fully saturated rings. The van der Waals surface area contributed by atoms with Crippen LogP contribution in [0, 0.1) is 11.8 Å². The molecule has 9 aromatic carbocycles. The van der Waals surface area contributed by atoms with E-state index in [2.05, 4.69) is 264 Å². The summed E-state index contributed by atoms with van der Waals surface area (Å²) in [6.45, 7) is 0. The molecule has 10 aromatic rings. The van der Waals surface area contributed by atoms with Gasteiger partial charge in [0.1, 0.15) is 0 Å². The van der Waals surface area contributed by atoms with Crippen molar-refractivity contribution in [3.63, 3.8) is 0 Å². The first kappa shape index (κ1) is 37.6. The molecule has 2 aliphatic rings. The van der Waals surface area contributed by atoms with E-state index in [1.54, 1.807) is 0 Å². The van der Waals surface area contributed by atoms with Crippen molar-refractivity contribution in [1.82, 2.24) is 4.57 Å². The van der Waals surface area contributed by atoms with E-state index in [-0.39, 0.29) is 11.8 Å². The lowest BCUT2D eigenvalue weighted by Gasteiger charge is -2.40. The van der Waals surface area contributed by atoms with Crippen LogP contribution in [-0.2, 0) is 0 Å². The lowest BCUT2D eigenvalue weighted by molar-refractivity contribution is 0.628. The summed E-state index contributed by atoms with van der Waals surface area (Å²) in [6, 6.07) is 79.7. The molecule has 2 aliphatic carbocycles. The molecule has 12 rings (SSSR count). The number of hydrogen-bond acceptors (Lipinski definition) is 1. The molecule has 0 N–H and O–H groups in total. The van der Waals surface area contributed by atoms with Crippen LogP contribution in [0.4, 0.5) is 11.4 Å². The largest absolute Gasteiger partial charge is 0.312 e. The average Bonchev–Trinajstić information content (AvgIpc) is 3.71. The monoisotopic (exact) mass is 816 g/mol. The number of anilines is 2. The lowest BCUT2D eigenvalue weighted by atomic mass is 9.74. The van der Waals surface area contributed by atoms with Gasteiger partial charge in [0.25, 0.3) is 0 Å². The third-order valence-corrected chi connectivity index (χ3v) is 13.2. The maximum Gasteiger partial charge on any atom is 0.0541 e. The quantitative estimate of drug-likeness (QED) is 0.148. The Hall–Kier alpha value is -8.20. The fourth-order valence-electron chi connectivity index (χ4n) is 10.3. The third-order valence-electron chi connectivity index (χ3n) is 13.2. The van der Waals surface area contributed by atoms with Gasteiger partial charge >= 0.3 is 0 Å². The molecule has 1 aromatic heterocycles. The highest BCUT2D eigenvalue weighted by Gasteiger charge is 2.35. The molecule has 0 saturated heterocycles. The van der Waals surface area contributed by atoms with Crippen molar-refractivity contribution in [3.05, 3.63) is 266 Å².